The van der Waals surface area contributed by atoms with Crippen LogP contribution in [0.25, 0.3) is 0 Å². The van der Waals surface area contributed by atoms with Gasteiger partial charge >= 0.3 is 0 Å². The highest BCUT2D eigenvalue weighted by molar-refractivity contribution is 6.04. The van der Waals surface area contributed by atoms with Crippen molar-refractivity contribution in [3.63, 3.8) is 0 Å². The third kappa shape index (κ3) is 12.4. The van der Waals surface area contributed by atoms with E-state index in [1.165, 1.54) is 49.8 Å². The fourth-order valence-corrected chi connectivity index (χ4v) is 3.79. The average Bonchev–Trinajstić information content (AvgIpc) is 2.93. The normalized spacial score (nSPS) is 18.0. The molecule has 0 spiro atoms. The molecule has 0 aromatic rings. The standard InChI is InChI=1S/C26H48N2O3/c1-6-7-8-9-10-11-12-13-14-15-16-22-21-23(29)28(24(22)30)19-17-26(4,5)31-20-18-25(2,3)27/h15-16,22H,6-14,17-21,27H2,1-5H3/b16-15+. The van der Waals surface area contributed by atoms with Crippen molar-refractivity contribution in [2.24, 2.45) is 11.7 Å². The first kappa shape index (κ1) is 27.8. The second kappa shape index (κ2) is 14.1. The first-order valence-corrected chi connectivity index (χ1v) is 12.5. The van der Waals surface area contributed by atoms with E-state index in [9.17, 15) is 9.59 Å². The number of nitrogens with zero attached hydrogens (tertiary/aromatic N) is 1. The van der Waals surface area contributed by atoms with Gasteiger partial charge in [-0.2, -0.15) is 0 Å². The third-order valence-electron chi connectivity index (χ3n) is 6.05. The summed E-state index contributed by atoms with van der Waals surface area (Å²) >= 11 is 0. The average molecular weight is 437 g/mol. The number of amides is 2. The highest BCUT2D eigenvalue weighted by Gasteiger charge is 2.37. The molecule has 180 valence electrons. The summed E-state index contributed by atoms with van der Waals surface area (Å²) in [4.78, 5) is 26.4. The summed E-state index contributed by atoms with van der Waals surface area (Å²) in [6.45, 7) is 11.2. The zero-order valence-corrected chi connectivity index (χ0v) is 20.9. The van der Waals surface area contributed by atoms with Crippen LogP contribution < -0.4 is 5.73 Å². The van der Waals surface area contributed by atoms with Crippen molar-refractivity contribution in [2.45, 2.75) is 123 Å². The number of unbranched alkanes of at least 4 members (excludes halogenated alkanes) is 8. The lowest BCUT2D eigenvalue weighted by atomic mass is 10.0. The van der Waals surface area contributed by atoms with Crippen LogP contribution in [0.15, 0.2) is 12.2 Å². The number of hydrogen-bond acceptors (Lipinski definition) is 4. The Labute approximate surface area is 191 Å². The lowest BCUT2D eigenvalue weighted by Crippen LogP contribution is -2.38. The topological polar surface area (TPSA) is 72.6 Å². The number of rotatable bonds is 17. The molecule has 1 rings (SSSR count). The lowest BCUT2D eigenvalue weighted by Gasteiger charge is -2.29. The van der Waals surface area contributed by atoms with Crippen molar-refractivity contribution in [2.75, 3.05) is 13.2 Å². The summed E-state index contributed by atoms with van der Waals surface area (Å²) in [5.74, 6) is -0.412. The molecule has 1 aliphatic rings. The number of likely N-dealkylation sites (tertiary alicyclic amines) is 1. The van der Waals surface area contributed by atoms with Crippen LogP contribution in [0.2, 0.25) is 0 Å². The molecule has 1 heterocycles. The van der Waals surface area contributed by atoms with Gasteiger partial charge in [-0.25, -0.2) is 0 Å². The lowest BCUT2D eigenvalue weighted by molar-refractivity contribution is -0.140. The Bertz CT molecular complexity index is 563. The van der Waals surface area contributed by atoms with Crippen molar-refractivity contribution in [3.05, 3.63) is 12.2 Å². The van der Waals surface area contributed by atoms with E-state index < -0.39 is 5.60 Å². The molecular weight excluding hydrogens is 388 g/mol. The molecule has 1 unspecified atom stereocenters. The molecule has 1 saturated heterocycles. The molecule has 1 atom stereocenters. The van der Waals surface area contributed by atoms with Crippen molar-refractivity contribution in [1.82, 2.24) is 4.90 Å². The van der Waals surface area contributed by atoms with Crippen molar-refractivity contribution < 1.29 is 14.3 Å². The predicted octanol–water partition coefficient (Wildman–Crippen LogP) is 5.76. The maximum Gasteiger partial charge on any atom is 0.236 e. The molecule has 0 saturated carbocycles. The number of ether oxygens (including phenoxy) is 1. The Morgan fingerprint density at radius 1 is 1.00 bits per heavy atom. The minimum atomic E-state index is -0.393. The van der Waals surface area contributed by atoms with Crippen LogP contribution in [-0.4, -0.2) is 41.0 Å². The summed E-state index contributed by atoms with van der Waals surface area (Å²) < 4.78 is 5.96. The quantitative estimate of drug-likeness (QED) is 0.179. The molecule has 2 amide bonds. The minimum Gasteiger partial charge on any atom is -0.375 e. The molecule has 0 bridgehead atoms. The van der Waals surface area contributed by atoms with Gasteiger partial charge < -0.3 is 10.5 Å². The van der Waals surface area contributed by atoms with E-state index >= 15 is 0 Å². The number of nitrogens with two attached hydrogens (primary N) is 1. The zero-order valence-electron chi connectivity index (χ0n) is 20.9. The van der Waals surface area contributed by atoms with Crippen LogP contribution >= 0.6 is 0 Å². The SMILES string of the molecule is CCCCCCCCCC/C=C/C1CC(=O)N(CCC(C)(C)OCCC(C)(C)N)C1=O. The number of carbonyl (C=O) groups excluding carboxylic acids is 2. The van der Waals surface area contributed by atoms with E-state index in [1.54, 1.807) is 0 Å². The van der Waals surface area contributed by atoms with Crippen LogP contribution in [0, 0.1) is 5.92 Å². The van der Waals surface area contributed by atoms with Crippen LogP contribution in [0.1, 0.15) is 112 Å². The molecule has 0 radical (unpaired) electrons. The number of hydrogen-bond donors (Lipinski definition) is 1. The molecular formula is C26H48N2O3. The number of carbonyl (C=O) groups is 2. The summed E-state index contributed by atoms with van der Waals surface area (Å²) in [6, 6.07) is 0. The number of allylic oxidation sites excluding steroid dienone is 1. The van der Waals surface area contributed by atoms with Gasteiger partial charge in [0.15, 0.2) is 0 Å². The van der Waals surface area contributed by atoms with Gasteiger partial charge in [0.2, 0.25) is 11.8 Å². The summed E-state index contributed by atoms with van der Waals surface area (Å²) in [6.07, 6.45) is 17.1. The fraction of sp³-hybridized carbons (Fsp3) is 0.846. The summed E-state index contributed by atoms with van der Waals surface area (Å²) in [5, 5.41) is 0. The van der Waals surface area contributed by atoms with E-state index in [4.69, 9.17) is 10.5 Å². The van der Waals surface area contributed by atoms with Crippen LogP contribution in [0.5, 0.6) is 0 Å². The maximum absolute atomic E-state index is 12.7. The highest BCUT2D eigenvalue weighted by atomic mass is 16.5. The van der Waals surface area contributed by atoms with Gasteiger partial charge in [-0.3, -0.25) is 14.5 Å². The van der Waals surface area contributed by atoms with Crippen molar-refractivity contribution >= 4 is 11.8 Å². The van der Waals surface area contributed by atoms with Gasteiger partial charge in [0.05, 0.1) is 11.5 Å². The Hall–Kier alpha value is -1.20. The van der Waals surface area contributed by atoms with E-state index in [0.29, 0.717) is 26.0 Å². The second-order valence-corrected chi connectivity index (χ2v) is 10.5. The largest absolute Gasteiger partial charge is 0.375 e. The van der Waals surface area contributed by atoms with Gasteiger partial charge in [0.25, 0.3) is 0 Å². The second-order valence-electron chi connectivity index (χ2n) is 10.5. The maximum atomic E-state index is 12.7. The minimum absolute atomic E-state index is 0.0592. The molecule has 1 aliphatic heterocycles. The van der Waals surface area contributed by atoms with Gasteiger partial charge in [-0.05, 0) is 53.4 Å². The Kier molecular flexibility index (Phi) is 12.6. The van der Waals surface area contributed by atoms with Gasteiger partial charge in [-0.15, -0.1) is 0 Å². The molecule has 1 fully saturated rings. The predicted molar refractivity (Wildman–Crippen MR) is 129 cm³/mol. The summed E-state index contributed by atoms with van der Waals surface area (Å²) in [5.41, 5.74) is 5.35. The highest BCUT2D eigenvalue weighted by Crippen LogP contribution is 2.24. The molecule has 5 heteroatoms. The Morgan fingerprint density at radius 3 is 2.23 bits per heavy atom. The Morgan fingerprint density at radius 2 is 1.61 bits per heavy atom. The first-order valence-electron chi connectivity index (χ1n) is 12.5. The molecule has 31 heavy (non-hydrogen) atoms. The fourth-order valence-electron chi connectivity index (χ4n) is 3.79. The number of imide groups is 1. The Balaban J connectivity index is 2.28. The zero-order chi connectivity index (χ0) is 23.3. The van der Waals surface area contributed by atoms with Crippen LogP contribution in [0.3, 0.4) is 0 Å². The molecule has 0 aromatic carbocycles. The van der Waals surface area contributed by atoms with Crippen molar-refractivity contribution in [3.8, 4) is 0 Å². The van der Waals surface area contributed by atoms with E-state index in [0.717, 1.165) is 19.3 Å². The van der Waals surface area contributed by atoms with Crippen molar-refractivity contribution in [1.29, 1.82) is 0 Å². The van der Waals surface area contributed by atoms with Gasteiger partial charge in [0, 0.05) is 25.1 Å². The molecule has 0 aliphatic carbocycles. The van der Waals surface area contributed by atoms with E-state index in [2.05, 4.69) is 13.0 Å². The molecule has 5 nitrogen and oxygen atoms in total. The third-order valence-corrected chi connectivity index (χ3v) is 6.05. The monoisotopic (exact) mass is 436 g/mol. The molecule has 0 aromatic heterocycles. The van der Waals surface area contributed by atoms with E-state index in [-0.39, 0.29) is 23.3 Å². The molecule has 2 N–H and O–H groups in total. The summed E-state index contributed by atoms with van der Waals surface area (Å²) in [7, 11) is 0. The van der Waals surface area contributed by atoms with Crippen LogP contribution in [0.4, 0.5) is 0 Å². The smallest absolute Gasteiger partial charge is 0.236 e. The van der Waals surface area contributed by atoms with E-state index in [1.807, 2.05) is 33.8 Å². The van der Waals surface area contributed by atoms with Crippen LogP contribution in [-0.2, 0) is 14.3 Å². The van der Waals surface area contributed by atoms with Gasteiger partial charge in [0.1, 0.15) is 0 Å². The first-order chi connectivity index (χ1) is 14.6. The van der Waals surface area contributed by atoms with Gasteiger partial charge in [-0.1, -0.05) is 64.0 Å².